The molecule has 0 amide bonds. The van der Waals surface area contributed by atoms with Gasteiger partial charge in [0.15, 0.2) is 5.75 Å². The molecule has 106 valence electrons. The zero-order chi connectivity index (χ0) is 14.9. The Hall–Kier alpha value is -1.65. The van der Waals surface area contributed by atoms with Gasteiger partial charge < -0.3 is 15.5 Å². The van der Waals surface area contributed by atoms with Crippen LogP contribution in [0.3, 0.4) is 0 Å². The van der Waals surface area contributed by atoms with Crippen molar-refractivity contribution in [2.24, 2.45) is 0 Å². The van der Waals surface area contributed by atoms with E-state index in [1.807, 2.05) is 0 Å². The monoisotopic (exact) mass is 315 g/mol. The van der Waals surface area contributed by atoms with Crippen LogP contribution in [0.15, 0.2) is 30.3 Å². The highest BCUT2D eigenvalue weighted by molar-refractivity contribution is 6.37. The van der Waals surface area contributed by atoms with Crippen LogP contribution in [0.5, 0.6) is 11.5 Å². The van der Waals surface area contributed by atoms with Gasteiger partial charge in [-0.05, 0) is 25.1 Å². The van der Waals surface area contributed by atoms with E-state index < -0.39 is 5.82 Å². The molecular weight excluding hydrogens is 304 g/mol. The van der Waals surface area contributed by atoms with Crippen LogP contribution in [0, 0.1) is 5.82 Å². The van der Waals surface area contributed by atoms with Gasteiger partial charge in [-0.15, -0.1) is 0 Å². The van der Waals surface area contributed by atoms with E-state index in [4.69, 9.17) is 23.2 Å². The minimum absolute atomic E-state index is 0.121. The fraction of sp³-hybridized carbons (Fsp3) is 0.143. The third-order valence-electron chi connectivity index (χ3n) is 2.86. The molecule has 6 heteroatoms. The Balaban J connectivity index is 2.25. The SMILES string of the molecule is CC(Nc1cc(Cl)c(O)c(Cl)c1)c1ccc(F)cc1O. The molecule has 0 radical (unpaired) electrons. The lowest BCUT2D eigenvalue weighted by Gasteiger charge is -2.17. The molecule has 0 saturated heterocycles. The number of aromatic hydroxyl groups is 2. The highest BCUT2D eigenvalue weighted by atomic mass is 35.5. The lowest BCUT2D eigenvalue weighted by atomic mass is 10.1. The van der Waals surface area contributed by atoms with E-state index in [0.717, 1.165) is 6.07 Å². The Morgan fingerprint density at radius 2 is 1.70 bits per heavy atom. The molecule has 0 spiro atoms. The van der Waals surface area contributed by atoms with Gasteiger partial charge in [0.2, 0.25) is 0 Å². The van der Waals surface area contributed by atoms with E-state index in [-0.39, 0.29) is 27.6 Å². The zero-order valence-electron chi connectivity index (χ0n) is 10.5. The maximum atomic E-state index is 12.9. The molecule has 3 nitrogen and oxygen atoms in total. The fourth-order valence-electron chi connectivity index (χ4n) is 1.86. The molecule has 20 heavy (non-hydrogen) atoms. The highest BCUT2D eigenvalue weighted by Gasteiger charge is 2.13. The van der Waals surface area contributed by atoms with E-state index in [0.29, 0.717) is 11.3 Å². The number of benzene rings is 2. The summed E-state index contributed by atoms with van der Waals surface area (Å²) in [5, 5.41) is 22.5. The van der Waals surface area contributed by atoms with Crippen LogP contribution in [0.4, 0.5) is 10.1 Å². The number of halogens is 3. The number of phenolic OH excluding ortho intramolecular Hbond substituents is 2. The first-order valence-electron chi connectivity index (χ1n) is 5.81. The second-order valence-electron chi connectivity index (χ2n) is 4.36. The summed E-state index contributed by atoms with van der Waals surface area (Å²) in [6.07, 6.45) is 0. The van der Waals surface area contributed by atoms with Gasteiger partial charge in [0, 0.05) is 17.3 Å². The van der Waals surface area contributed by atoms with Crippen molar-refractivity contribution in [1.82, 2.24) is 0 Å². The van der Waals surface area contributed by atoms with Crippen molar-refractivity contribution in [2.75, 3.05) is 5.32 Å². The predicted octanol–water partition coefficient (Wildman–Crippen LogP) is 4.72. The van der Waals surface area contributed by atoms with Gasteiger partial charge in [-0.2, -0.15) is 0 Å². The molecule has 0 bridgehead atoms. The third-order valence-corrected chi connectivity index (χ3v) is 3.44. The van der Waals surface area contributed by atoms with Gasteiger partial charge in [-0.3, -0.25) is 0 Å². The van der Waals surface area contributed by atoms with E-state index in [1.54, 1.807) is 6.92 Å². The van der Waals surface area contributed by atoms with E-state index >= 15 is 0 Å². The summed E-state index contributed by atoms with van der Waals surface area (Å²) < 4.78 is 12.9. The van der Waals surface area contributed by atoms with Crippen LogP contribution in [-0.4, -0.2) is 10.2 Å². The van der Waals surface area contributed by atoms with Crippen LogP contribution < -0.4 is 5.32 Å². The Kier molecular flexibility index (Phi) is 4.26. The first-order valence-corrected chi connectivity index (χ1v) is 6.57. The van der Waals surface area contributed by atoms with Gasteiger partial charge >= 0.3 is 0 Å². The standard InChI is InChI=1S/C14H12Cl2FNO2/c1-7(10-3-2-8(17)4-13(10)19)18-9-5-11(15)14(20)12(16)6-9/h2-7,18-20H,1H3. The number of hydrogen-bond donors (Lipinski definition) is 3. The minimum Gasteiger partial charge on any atom is -0.507 e. The quantitative estimate of drug-likeness (QED) is 0.718. The number of phenols is 2. The third kappa shape index (κ3) is 3.08. The minimum atomic E-state index is -0.505. The Morgan fingerprint density at radius 3 is 2.25 bits per heavy atom. The van der Waals surface area contributed by atoms with Crippen molar-refractivity contribution in [1.29, 1.82) is 0 Å². The molecule has 0 aromatic heterocycles. The molecule has 2 aromatic rings. The summed E-state index contributed by atoms with van der Waals surface area (Å²) in [5.74, 6) is -0.827. The molecule has 1 unspecified atom stereocenters. The van der Waals surface area contributed by atoms with Gasteiger partial charge in [-0.25, -0.2) is 4.39 Å². The largest absolute Gasteiger partial charge is 0.507 e. The van der Waals surface area contributed by atoms with Crippen LogP contribution in [0.1, 0.15) is 18.5 Å². The summed E-state index contributed by atoms with van der Waals surface area (Å²) in [4.78, 5) is 0. The average molecular weight is 316 g/mol. The summed E-state index contributed by atoms with van der Waals surface area (Å²) in [7, 11) is 0. The molecule has 3 N–H and O–H groups in total. The molecule has 0 aliphatic heterocycles. The van der Waals surface area contributed by atoms with Crippen LogP contribution >= 0.6 is 23.2 Å². The lowest BCUT2D eigenvalue weighted by Crippen LogP contribution is -2.07. The molecule has 1 atom stereocenters. The van der Waals surface area contributed by atoms with Crippen molar-refractivity contribution in [3.05, 3.63) is 51.8 Å². The van der Waals surface area contributed by atoms with E-state index in [1.165, 1.54) is 24.3 Å². The molecule has 2 rings (SSSR count). The maximum Gasteiger partial charge on any atom is 0.152 e. The number of anilines is 1. The van der Waals surface area contributed by atoms with Crippen molar-refractivity contribution in [3.63, 3.8) is 0 Å². The molecule has 0 fully saturated rings. The van der Waals surface area contributed by atoms with Gasteiger partial charge in [0.05, 0.1) is 16.1 Å². The summed E-state index contributed by atoms with van der Waals surface area (Å²) >= 11 is 11.7. The molecule has 2 aromatic carbocycles. The van der Waals surface area contributed by atoms with E-state index in [9.17, 15) is 14.6 Å². The van der Waals surface area contributed by atoms with Gasteiger partial charge in [-0.1, -0.05) is 29.3 Å². The lowest BCUT2D eigenvalue weighted by molar-refractivity contribution is 0.459. The topological polar surface area (TPSA) is 52.5 Å². The van der Waals surface area contributed by atoms with Crippen LogP contribution in [0.25, 0.3) is 0 Å². The number of hydrogen-bond acceptors (Lipinski definition) is 3. The van der Waals surface area contributed by atoms with Crippen LogP contribution in [-0.2, 0) is 0 Å². The second kappa shape index (κ2) is 5.77. The summed E-state index contributed by atoms with van der Waals surface area (Å²) in [5.41, 5.74) is 1.11. The Morgan fingerprint density at radius 1 is 1.10 bits per heavy atom. The fourth-order valence-corrected chi connectivity index (χ4v) is 2.35. The highest BCUT2D eigenvalue weighted by Crippen LogP contribution is 2.36. The molecule has 0 saturated carbocycles. The Labute approximate surface area is 125 Å². The van der Waals surface area contributed by atoms with Crippen molar-refractivity contribution in [2.45, 2.75) is 13.0 Å². The molecular formula is C14H12Cl2FNO2. The number of nitrogens with one attached hydrogen (secondary N) is 1. The molecule has 0 heterocycles. The summed E-state index contributed by atoms with van der Waals surface area (Å²) in [6.45, 7) is 1.79. The Bertz CT molecular complexity index is 626. The van der Waals surface area contributed by atoms with Crippen molar-refractivity contribution in [3.8, 4) is 11.5 Å². The molecule has 0 aliphatic carbocycles. The molecule has 0 aliphatic rings. The summed E-state index contributed by atoms with van der Waals surface area (Å²) in [6, 6.07) is 6.53. The van der Waals surface area contributed by atoms with Gasteiger partial charge in [0.1, 0.15) is 11.6 Å². The number of rotatable bonds is 3. The average Bonchev–Trinajstić information content (AvgIpc) is 2.35. The van der Waals surface area contributed by atoms with Crippen molar-refractivity contribution < 1.29 is 14.6 Å². The van der Waals surface area contributed by atoms with E-state index in [2.05, 4.69) is 5.32 Å². The van der Waals surface area contributed by atoms with Gasteiger partial charge in [0.25, 0.3) is 0 Å². The normalized spacial score (nSPS) is 12.2. The zero-order valence-corrected chi connectivity index (χ0v) is 12.0. The van der Waals surface area contributed by atoms with Crippen LogP contribution in [0.2, 0.25) is 10.0 Å². The maximum absolute atomic E-state index is 12.9. The van der Waals surface area contributed by atoms with Crippen molar-refractivity contribution >= 4 is 28.9 Å². The second-order valence-corrected chi connectivity index (χ2v) is 5.17. The first kappa shape index (κ1) is 14.8. The smallest absolute Gasteiger partial charge is 0.152 e. The predicted molar refractivity (Wildman–Crippen MR) is 78.2 cm³/mol. The first-order chi connectivity index (χ1) is 9.38.